The molecule has 0 heterocycles. The Morgan fingerprint density at radius 2 is 1.90 bits per heavy atom. The molecular weight excluding hydrogens is 124 g/mol. The average Bonchev–Trinajstić information content (AvgIpc) is 1.82. The Bertz CT molecular complexity index is 71.7. The summed E-state index contributed by atoms with van der Waals surface area (Å²) in [6, 6.07) is 0.576. The minimum Gasteiger partial charge on any atom is -0.328 e. The van der Waals surface area contributed by atoms with Gasteiger partial charge in [-0.05, 0) is 19.8 Å². The summed E-state index contributed by atoms with van der Waals surface area (Å²) in [5.41, 5.74) is 11.4. The highest BCUT2D eigenvalue weighted by molar-refractivity contribution is 4.66. The van der Waals surface area contributed by atoms with Crippen LogP contribution in [0.4, 0.5) is 0 Å². The van der Waals surface area contributed by atoms with Crippen molar-refractivity contribution in [1.82, 2.24) is 0 Å². The van der Waals surface area contributed by atoms with Crippen molar-refractivity contribution in [3.05, 3.63) is 0 Å². The molecular formula is C8H20N2. The molecule has 0 aliphatic heterocycles. The van der Waals surface area contributed by atoms with Gasteiger partial charge < -0.3 is 11.5 Å². The fourth-order valence-corrected chi connectivity index (χ4v) is 1.06. The van der Waals surface area contributed by atoms with Crippen LogP contribution >= 0.6 is 0 Å². The predicted molar refractivity (Wildman–Crippen MR) is 45.8 cm³/mol. The first-order chi connectivity index (χ1) is 4.66. The molecule has 2 heteroatoms. The van der Waals surface area contributed by atoms with E-state index in [1.54, 1.807) is 0 Å². The number of unbranched alkanes of at least 4 members (excludes halogenated alkanes) is 1. The fraction of sp³-hybridized carbons (Fsp3) is 1.00. The summed E-state index contributed by atoms with van der Waals surface area (Å²) in [7, 11) is 0. The van der Waals surface area contributed by atoms with Crippen LogP contribution in [0.25, 0.3) is 0 Å². The van der Waals surface area contributed by atoms with Crippen molar-refractivity contribution >= 4 is 0 Å². The van der Waals surface area contributed by atoms with Gasteiger partial charge in [0.2, 0.25) is 0 Å². The van der Waals surface area contributed by atoms with E-state index in [0.717, 1.165) is 12.8 Å². The maximum Gasteiger partial charge on any atom is 0.00534 e. The number of nitrogens with two attached hydrogens (primary N) is 2. The van der Waals surface area contributed by atoms with Gasteiger partial charge in [-0.2, -0.15) is 0 Å². The van der Waals surface area contributed by atoms with E-state index in [4.69, 9.17) is 11.5 Å². The second kappa shape index (κ2) is 5.69. The maximum absolute atomic E-state index is 5.78. The molecule has 0 amide bonds. The highest BCUT2D eigenvalue weighted by atomic mass is 14.7. The van der Waals surface area contributed by atoms with Gasteiger partial charge in [-0.3, -0.25) is 0 Å². The normalized spacial score (nSPS) is 16.8. The van der Waals surface area contributed by atoms with Crippen LogP contribution in [0.1, 0.15) is 39.5 Å². The van der Waals surface area contributed by atoms with E-state index in [9.17, 15) is 0 Å². The van der Waals surface area contributed by atoms with Crippen molar-refractivity contribution in [2.24, 2.45) is 11.5 Å². The Morgan fingerprint density at radius 1 is 1.30 bits per heavy atom. The SMILES string of the molecule is CCCCC(N)C[C@H](C)N. The Labute approximate surface area is 64.0 Å². The van der Waals surface area contributed by atoms with Gasteiger partial charge in [0, 0.05) is 12.1 Å². The van der Waals surface area contributed by atoms with E-state index in [2.05, 4.69) is 6.92 Å². The molecule has 0 saturated carbocycles. The van der Waals surface area contributed by atoms with Crippen molar-refractivity contribution in [3.8, 4) is 0 Å². The van der Waals surface area contributed by atoms with E-state index in [-0.39, 0.29) is 6.04 Å². The van der Waals surface area contributed by atoms with Crippen LogP contribution in [0, 0.1) is 0 Å². The lowest BCUT2D eigenvalue weighted by Crippen LogP contribution is -2.29. The summed E-state index contributed by atoms with van der Waals surface area (Å²) in [4.78, 5) is 0. The highest BCUT2D eigenvalue weighted by Gasteiger charge is 2.03. The first kappa shape index (κ1) is 9.92. The van der Waals surface area contributed by atoms with E-state index in [0.29, 0.717) is 6.04 Å². The van der Waals surface area contributed by atoms with Crippen LogP contribution < -0.4 is 11.5 Å². The Morgan fingerprint density at radius 3 is 2.30 bits per heavy atom. The Balaban J connectivity index is 3.16. The largest absolute Gasteiger partial charge is 0.328 e. The first-order valence-electron chi connectivity index (χ1n) is 4.18. The summed E-state index contributed by atoms with van der Waals surface area (Å²) < 4.78 is 0. The third-order valence-corrected chi connectivity index (χ3v) is 1.60. The smallest absolute Gasteiger partial charge is 0.00534 e. The molecule has 0 aromatic heterocycles. The monoisotopic (exact) mass is 144 g/mol. The molecule has 1 unspecified atom stereocenters. The molecule has 0 saturated heterocycles. The number of hydrogen-bond donors (Lipinski definition) is 2. The summed E-state index contributed by atoms with van der Waals surface area (Å²) in [5, 5.41) is 0. The van der Waals surface area contributed by atoms with Crippen LogP contribution in [0.2, 0.25) is 0 Å². The lowest BCUT2D eigenvalue weighted by atomic mass is 10.0. The van der Waals surface area contributed by atoms with E-state index in [1.165, 1.54) is 12.8 Å². The molecule has 0 aromatic rings. The van der Waals surface area contributed by atoms with E-state index < -0.39 is 0 Å². The zero-order valence-electron chi connectivity index (χ0n) is 7.14. The average molecular weight is 144 g/mol. The Hall–Kier alpha value is -0.0800. The lowest BCUT2D eigenvalue weighted by Gasteiger charge is -2.12. The second-order valence-electron chi connectivity index (χ2n) is 3.12. The summed E-state index contributed by atoms with van der Waals surface area (Å²) in [5.74, 6) is 0. The molecule has 0 fully saturated rings. The van der Waals surface area contributed by atoms with Gasteiger partial charge >= 0.3 is 0 Å². The summed E-state index contributed by atoms with van der Waals surface area (Å²) in [6.07, 6.45) is 4.54. The molecule has 2 nitrogen and oxygen atoms in total. The summed E-state index contributed by atoms with van der Waals surface area (Å²) in [6.45, 7) is 4.18. The maximum atomic E-state index is 5.78. The van der Waals surface area contributed by atoms with Gasteiger partial charge in [-0.25, -0.2) is 0 Å². The van der Waals surface area contributed by atoms with Crippen molar-refractivity contribution in [2.75, 3.05) is 0 Å². The van der Waals surface area contributed by atoms with Crippen LogP contribution in [0.3, 0.4) is 0 Å². The second-order valence-corrected chi connectivity index (χ2v) is 3.12. The van der Waals surface area contributed by atoms with Crippen LogP contribution in [0.5, 0.6) is 0 Å². The van der Waals surface area contributed by atoms with Crippen LogP contribution in [0.15, 0.2) is 0 Å². The quantitative estimate of drug-likeness (QED) is 0.610. The number of rotatable bonds is 5. The molecule has 62 valence electrons. The first-order valence-corrected chi connectivity index (χ1v) is 4.18. The van der Waals surface area contributed by atoms with Gasteiger partial charge in [-0.1, -0.05) is 19.8 Å². The minimum absolute atomic E-state index is 0.256. The van der Waals surface area contributed by atoms with Crippen molar-refractivity contribution < 1.29 is 0 Å². The zero-order chi connectivity index (χ0) is 7.98. The zero-order valence-corrected chi connectivity index (χ0v) is 7.14. The van der Waals surface area contributed by atoms with Crippen molar-refractivity contribution in [2.45, 2.75) is 51.6 Å². The van der Waals surface area contributed by atoms with Crippen LogP contribution in [-0.2, 0) is 0 Å². The third kappa shape index (κ3) is 6.05. The topological polar surface area (TPSA) is 52.0 Å². The molecule has 2 atom stereocenters. The minimum atomic E-state index is 0.256. The number of hydrogen-bond acceptors (Lipinski definition) is 2. The fourth-order valence-electron chi connectivity index (χ4n) is 1.06. The lowest BCUT2D eigenvalue weighted by molar-refractivity contribution is 0.500. The molecule has 0 aliphatic rings. The van der Waals surface area contributed by atoms with Gasteiger partial charge in [0.15, 0.2) is 0 Å². The van der Waals surface area contributed by atoms with Gasteiger partial charge in [-0.15, -0.1) is 0 Å². The molecule has 0 rings (SSSR count). The summed E-state index contributed by atoms with van der Waals surface area (Å²) >= 11 is 0. The molecule has 0 spiro atoms. The molecule has 0 aliphatic carbocycles. The highest BCUT2D eigenvalue weighted by Crippen LogP contribution is 2.02. The van der Waals surface area contributed by atoms with E-state index in [1.807, 2.05) is 6.92 Å². The van der Waals surface area contributed by atoms with Gasteiger partial charge in [0.1, 0.15) is 0 Å². The molecule has 4 N–H and O–H groups in total. The van der Waals surface area contributed by atoms with Gasteiger partial charge in [0.05, 0.1) is 0 Å². The Kier molecular flexibility index (Phi) is 5.64. The van der Waals surface area contributed by atoms with Crippen LogP contribution in [-0.4, -0.2) is 12.1 Å². The third-order valence-electron chi connectivity index (χ3n) is 1.60. The van der Waals surface area contributed by atoms with E-state index >= 15 is 0 Å². The predicted octanol–water partition coefficient (Wildman–Crippen LogP) is 1.24. The molecule has 10 heavy (non-hydrogen) atoms. The molecule has 0 bridgehead atoms. The van der Waals surface area contributed by atoms with Crippen molar-refractivity contribution in [1.29, 1.82) is 0 Å². The molecule has 0 radical (unpaired) electrons. The van der Waals surface area contributed by atoms with Crippen molar-refractivity contribution in [3.63, 3.8) is 0 Å². The standard InChI is InChI=1S/C8H20N2/c1-3-4-5-8(10)6-7(2)9/h7-8H,3-6,9-10H2,1-2H3/t7-,8?/m0/s1. The van der Waals surface area contributed by atoms with Gasteiger partial charge in [0.25, 0.3) is 0 Å². The molecule has 0 aromatic carbocycles.